The van der Waals surface area contributed by atoms with Gasteiger partial charge >= 0.3 is 12.1 Å². The zero-order chi connectivity index (χ0) is 22.6. The van der Waals surface area contributed by atoms with Crippen LogP contribution in [0.1, 0.15) is 35.6 Å². The number of hydrogen-bond donors (Lipinski definition) is 0. The molecule has 0 aliphatic heterocycles. The van der Waals surface area contributed by atoms with Gasteiger partial charge in [-0.2, -0.15) is 18.3 Å². The van der Waals surface area contributed by atoms with E-state index in [1.54, 1.807) is 13.8 Å². The number of hydrogen-bond acceptors (Lipinski definition) is 5. The van der Waals surface area contributed by atoms with Crippen LogP contribution in [0.3, 0.4) is 0 Å². The van der Waals surface area contributed by atoms with E-state index in [1.807, 2.05) is 0 Å². The number of carbonyl (C=O) groups is 2. The molecule has 30 heavy (non-hydrogen) atoms. The lowest BCUT2D eigenvalue weighted by Crippen LogP contribution is -2.40. The summed E-state index contributed by atoms with van der Waals surface area (Å²) in [7, 11) is 1.23. The van der Waals surface area contributed by atoms with Crippen LogP contribution < -0.4 is 5.43 Å². The van der Waals surface area contributed by atoms with Crippen LogP contribution in [-0.2, 0) is 15.7 Å². The first-order chi connectivity index (χ1) is 14.0. The average molecular weight is 425 g/mol. The minimum absolute atomic E-state index is 0.000557. The summed E-state index contributed by atoms with van der Waals surface area (Å²) in [6, 6.07) is 5.55. The maximum Gasteiger partial charge on any atom is 0.416 e. The number of ether oxygens (including phenoxy) is 1. The average Bonchev–Trinajstić information content (AvgIpc) is 2.70. The predicted molar refractivity (Wildman–Crippen MR) is 102 cm³/mol. The van der Waals surface area contributed by atoms with E-state index in [0.717, 1.165) is 22.9 Å². The van der Waals surface area contributed by atoms with Crippen LogP contribution >= 0.6 is 0 Å². The van der Waals surface area contributed by atoms with Gasteiger partial charge in [-0.1, -0.05) is 13.0 Å². The molecule has 162 valence electrons. The monoisotopic (exact) mass is 425 g/mol. The highest BCUT2D eigenvalue weighted by Crippen LogP contribution is 2.30. The molecule has 1 amide bonds. The molecule has 2 aromatic rings. The zero-order valence-electron chi connectivity index (χ0n) is 17.0. The van der Waals surface area contributed by atoms with Crippen molar-refractivity contribution in [3.05, 3.63) is 57.5 Å². The number of halogens is 3. The molecule has 1 aromatic heterocycles. The topological polar surface area (TPSA) is 81.5 Å². The first-order valence-electron chi connectivity index (χ1n) is 9.15. The van der Waals surface area contributed by atoms with Crippen molar-refractivity contribution in [3.8, 4) is 5.69 Å². The van der Waals surface area contributed by atoms with Gasteiger partial charge in [0.2, 0.25) is 5.43 Å². The molecule has 0 N–H and O–H groups in total. The molecule has 7 nitrogen and oxygen atoms in total. The normalized spacial score (nSPS) is 12.4. The predicted octanol–water partition coefficient (Wildman–Crippen LogP) is 2.83. The van der Waals surface area contributed by atoms with Crippen LogP contribution in [-0.4, -0.2) is 46.8 Å². The second-order valence-electron chi connectivity index (χ2n) is 6.73. The maximum atomic E-state index is 13.0. The minimum Gasteiger partial charge on any atom is -0.469 e. The largest absolute Gasteiger partial charge is 0.469 e. The number of rotatable bonds is 6. The molecular weight excluding hydrogens is 403 g/mol. The summed E-state index contributed by atoms with van der Waals surface area (Å²) in [4.78, 5) is 38.2. The smallest absolute Gasteiger partial charge is 0.416 e. The summed E-state index contributed by atoms with van der Waals surface area (Å²) in [5.41, 5.74) is -1.67. The van der Waals surface area contributed by atoms with Gasteiger partial charge in [-0.3, -0.25) is 14.4 Å². The highest BCUT2D eigenvalue weighted by Gasteiger charge is 2.31. The number of nitrogens with zero attached hydrogens (tertiary/aromatic N) is 3. The third kappa shape index (κ3) is 5.05. The molecular formula is C20H22F3N3O4. The van der Waals surface area contributed by atoms with E-state index in [0.29, 0.717) is 0 Å². The van der Waals surface area contributed by atoms with E-state index < -0.39 is 40.7 Å². The first-order valence-corrected chi connectivity index (χ1v) is 9.15. The zero-order valence-corrected chi connectivity index (χ0v) is 17.0. The Morgan fingerprint density at radius 2 is 1.93 bits per heavy atom. The molecule has 0 spiro atoms. The fraction of sp³-hybridized carbons (Fsp3) is 0.400. The van der Waals surface area contributed by atoms with E-state index in [4.69, 9.17) is 0 Å². The van der Waals surface area contributed by atoms with Crippen molar-refractivity contribution in [2.75, 3.05) is 20.2 Å². The van der Waals surface area contributed by atoms with Gasteiger partial charge in [0.15, 0.2) is 5.69 Å². The van der Waals surface area contributed by atoms with Crippen molar-refractivity contribution in [2.45, 2.75) is 26.9 Å². The third-order valence-electron chi connectivity index (χ3n) is 4.49. The van der Waals surface area contributed by atoms with Crippen LogP contribution in [0.4, 0.5) is 13.2 Å². The van der Waals surface area contributed by atoms with E-state index in [9.17, 15) is 27.6 Å². The highest BCUT2D eigenvalue weighted by atomic mass is 19.4. The van der Waals surface area contributed by atoms with Gasteiger partial charge in [0, 0.05) is 24.8 Å². The Kier molecular flexibility index (Phi) is 7.01. The number of aromatic nitrogens is 2. The molecule has 0 aliphatic rings. The Morgan fingerprint density at radius 1 is 1.27 bits per heavy atom. The second-order valence-corrected chi connectivity index (χ2v) is 6.73. The summed E-state index contributed by atoms with van der Waals surface area (Å²) < 4.78 is 44.9. The van der Waals surface area contributed by atoms with E-state index in [2.05, 4.69) is 9.84 Å². The molecule has 0 saturated carbocycles. The van der Waals surface area contributed by atoms with Crippen LogP contribution in [0.2, 0.25) is 0 Å². The lowest BCUT2D eigenvalue weighted by Gasteiger charge is -2.23. The Hall–Kier alpha value is -3.17. The van der Waals surface area contributed by atoms with E-state index >= 15 is 0 Å². The van der Waals surface area contributed by atoms with Crippen molar-refractivity contribution in [1.82, 2.24) is 14.7 Å². The Morgan fingerprint density at radius 3 is 2.50 bits per heavy atom. The van der Waals surface area contributed by atoms with Crippen molar-refractivity contribution < 1.29 is 27.5 Å². The van der Waals surface area contributed by atoms with Crippen molar-refractivity contribution >= 4 is 11.9 Å². The lowest BCUT2D eigenvalue weighted by molar-refractivity contribution is -0.145. The second kappa shape index (κ2) is 9.10. The minimum atomic E-state index is -4.55. The lowest BCUT2D eigenvalue weighted by atomic mass is 10.1. The van der Waals surface area contributed by atoms with E-state index in [-0.39, 0.29) is 24.5 Å². The summed E-state index contributed by atoms with van der Waals surface area (Å²) in [6.45, 7) is 4.94. The summed E-state index contributed by atoms with van der Waals surface area (Å²) in [5.74, 6) is -1.87. The quantitative estimate of drug-likeness (QED) is 0.665. The van der Waals surface area contributed by atoms with Crippen molar-refractivity contribution in [1.29, 1.82) is 0 Å². The molecule has 2 rings (SSSR count). The molecule has 0 bridgehead atoms. The van der Waals surface area contributed by atoms with Crippen LogP contribution in [0, 0.1) is 12.8 Å². The number of benzene rings is 1. The summed E-state index contributed by atoms with van der Waals surface area (Å²) in [6.07, 6.45) is -4.55. The van der Waals surface area contributed by atoms with Gasteiger partial charge in [0.05, 0.1) is 24.3 Å². The highest BCUT2D eigenvalue weighted by molar-refractivity contribution is 5.92. The molecule has 1 unspecified atom stereocenters. The van der Waals surface area contributed by atoms with E-state index in [1.165, 1.54) is 31.1 Å². The van der Waals surface area contributed by atoms with Gasteiger partial charge in [0.1, 0.15) is 0 Å². The molecule has 0 fully saturated rings. The number of aryl methyl sites for hydroxylation is 1. The molecule has 0 radical (unpaired) electrons. The standard InChI is InChI=1S/C20H22F3N3O4/c1-5-25(11-12(2)19(29)30-4)18(28)17-16(27)9-13(3)26(24-17)15-8-6-7-14(10-15)20(21,22)23/h6-10,12H,5,11H2,1-4H3. The van der Waals surface area contributed by atoms with Crippen LogP contribution in [0.25, 0.3) is 5.69 Å². The molecule has 1 heterocycles. The molecule has 0 saturated heterocycles. The number of carbonyl (C=O) groups excluding carboxylic acids is 2. The summed E-state index contributed by atoms with van der Waals surface area (Å²) in [5, 5.41) is 4.04. The fourth-order valence-corrected chi connectivity index (χ4v) is 2.88. The summed E-state index contributed by atoms with van der Waals surface area (Å²) >= 11 is 0. The van der Waals surface area contributed by atoms with Crippen molar-refractivity contribution in [3.63, 3.8) is 0 Å². The van der Waals surface area contributed by atoms with Crippen LogP contribution in [0.5, 0.6) is 0 Å². The Bertz CT molecular complexity index is 1000. The Balaban J connectivity index is 2.47. The number of amides is 1. The van der Waals surface area contributed by atoms with Gasteiger partial charge in [-0.25, -0.2) is 4.68 Å². The number of methoxy groups -OCH3 is 1. The van der Waals surface area contributed by atoms with Gasteiger partial charge in [-0.05, 0) is 32.0 Å². The van der Waals surface area contributed by atoms with Gasteiger partial charge in [-0.15, -0.1) is 0 Å². The first kappa shape index (κ1) is 23.1. The molecule has 0 aliphatic carbocycles. The molecule has 1 atom stereocenters. The van der Waals surface area contributed by atoms with Gasteiger partial charge in [0.25, 0.3) is 5.91 Å². The molecule has 10 heteroatoms. The molecule has 1 aromatic carbocycles. The number of alkyl halides is 3. The van der Waals surface area contributed by atoms with Gasteiger partial charge < -0.3 is 9.64 Å². The SMILES string of the molecule is CCN(CC(C)C(=O)OC)C(=O)c1nn(-c2cccc(C(F)(F)F)c2)c(C)cc1=O. The fourth-order valence-electron chi connectivity index (χ4n) is 2.88. The maximum absolute atomic E-state index is 13.0. The Labute approximate surface area is 171 Å². The van der Waals surface area contributed by atoms with Crippen molar-refractivity contribution in [2.24, 2.45) is 5.92 Å². The van der Waals surface area contributed by atoms with Crippen LogP contribution in [0.15, 0.2) is 35.1 Å². The third-order valence-corrected chi connectivity index (χ3v) is 4.49. The number of esters is 1.